The SMILES string of the molecule is [N-]=[N+]=NC[C@H]1CNC(=O)O1. The lowest BCUT2D eigenvalue weighted by molar-refractivity contribution is 0.144. The van der Waals surface area contributed by atoms with Crippen LogP contribution in [0.5, 0.6) is 0 Å². The Morgan fingerprint density at radius 2 is 2.80 bits per heavy atom. The average molecular weight is 142 g/mol. The maximum absolute atomic E-state index is 10.3. The van der Waals surface area contributed by atoms with E-state index < -0.39 is 6.09 Å². The maximum atomic E-state index is 10.3. The Kier molecular flexibility index (Phi) is 1.96. The van der Waals surface area contributed by atoms with Crippen LogP contribution in [0.2, 0.25) is 0 Å². The summed E-state index contributed by atoms with van der Waals surface area (Å²) in [5.41, 5.74) is 7.89. The van der Waals surface area contributed by atoms with Gasteiger partial charge in [0.2, 0.25) is 0 Å². The quantitative estimate of drug-likeness (QED) is 0.343. The number of carbonyl (C=O) groups is 1. The summed E-state index contributed by atoms with van der Waals surface area (Å²) in [6, 6.07) is 0. The molecule has 0 unspecified atom stereocenters. The van der Waals surface area contributed by atoms with Crippen molar-refractivity contribution in [1.29, 1.82) is 0 Å². The predicted octanol–water partition coefficient (Wildman–Crippen LogP) is 0.405. The number of alkyl carbamates (subject to hydrolysis) is 1. The molecule has 6 heteroatoms. The van der Waals surface area contributed by atoms with Crippen LogP contribution >= 0.6 is 0 Å². The Labute approximate surface area is 56.8 Å². The minimum absolute atomic E-state index is 0.204. The van der Waals surface area contributed by atoms with Crippen molar-refractivity contribution in [3.8, 4) is 0 Å². The Morgan fingerprint density at radius 1 is 2.00 bits per heavy atom. The Balaban J connectivity index is 2.31. The molecular weight excluding hydrogens is 136 g/mol. The molecule has 1 rings (SSSR count). The molecule has 0 spiro atoms. The lowest BCUT2D eigenvalue weighted by Crippen LogP contribution is -2.16. The van der Waals surface area contributed by atoms with Gasteiger partial charge in [-0.15, -0.1) is 0 Å². The number of nitrogens with one attached hydrogen (secondary N) is 1. The monoisotopic (exact) mass is 142 g/mol. The van der Waals surface area contributed by atoms with Crippen LogP contribution in [-0.4, -0.2) is 25.3 Å². The second-order valence-electron chi connectivity index (χ2n) is 1.82. The summed E-state index contributed by atoms with van der Waals surface area (Å²) in [5.74, 6) is 0. The van der Waals surface area contributed by atoms with Crippen molar-refractivity contribution in [1.82, 2.24) is 5.32 Å². The van der Waals surface area contributed by atoms with Crippen molar-refractivity contribution in [2.75, 3.05) is 13.1 Å². The molecule has 0 bridgehead atoms. The average Bonchev–Trinajstić information content (AvgIpc) is 2.31. The van der Waals surface area contributed by atoms with Gasteiger partial charge in [-0.2, -0.15) is 0 Å². The zero-order valence-corrected chi connectivity index (χ0v) is 5.15. The van der Waals surface area contributed by atoms with E-state index in [1.807, 2.05) is 0 Å². The molecule has 1 heterocycles. The van der Waals surface area contributed by atoms with E-state index in [1.54, 1.807) is 0 Å². The van der Waals surface area contributed by atoms with Gasteiger partial charge < -0.3 is 10.1 Å². The molecule has 1 N–H and O–H groups in total. The highest BCUT2D eigenvalue weighted by Crippen LogP contribution is 1.99. The first kappa shape index (κ1) is 6.70. The van der Waals surface area contributed by atoms with Crippen LogP contribution in [0.4, 0.5) is 4.79 Å². The van der Waals surface area contributed by atoms with E-state index in [9.17, 15) is 4.79 Å². The number of amides is 1. The summed E-state index contributed by atoms with van der Waals surface area (Å²) >= 11 is 0. The van der Waals surface area contributed by atoms with E-state index in [-0.39, 0.29) is 12.6 Å². The second-order valence-corrected chi connectivity index (χ2v) is 1.82. The molecule has 1 aliphatic heterocycles. The van der Waals surface area contributed by atoms with Crippen LogP contribution in [0.3, 0.4) is 0 Å². The van der Waals surface area contributed by atoms with Crippen LogP contribution in [0, 0.1) is 0 Å². The molecule has 10 heavy (non-hydrogen) atoms. The highest BCUT2D eigenvalue weighted by atomic mass is 16.6. The molecule has 1 atom stereocenters. The second kappa shape index (κ2) is 2.93. The minimum atomic E-state index is -0.446. The summed E-state index contributed by atoms with van der Waals surface area (Å²) in [6.07, 6.45) is -0.735. The summed E-state index contributed by atoms with van der Waals surface area (Å²) < 4.78 is 4.65. The molecule has 1 saturated heterocycles. The third-order valence-corrected chi connectivity index (χ3v) is 1.10. The molecule has 6 nitrogen and oxygen atoms in total. The van der Waals surface area contributed by atoms with E-state index >= 15 is 0 Å². The highest BCUT2D eigenvalue weighted by molar-refractivity contribution is 5.69. The number of ether oxygens (including phenoxy) is 1. The van der Waals surface area contributed by atoms with Gasteiger partial charge in [0, 0.05) is 4.91 Å². The maximum Gasteiger partial charge on any atom is 0.407 e. The van der Waals surface area contributed by atoms with E-state index in [2.05, 4.69) is 20.1 Å². The zero-order valence-electron chi connectivity index (χ0n) is 5.15. The Hall–Kier alpha value is -1.42. The Bertz CT molecular complexity index is 186. The minimum Gasteiger partial charge on any atom is -0.444 e. The molecule has 0 aromatic rings. The standard InChI is InChI=1S/C4H6N4O2/c5-8-7-2-3-1-6-4(9)10-3/h3H,1-2H2,(H,6,9)/t3-/m1/s1. The van der Waals surface area contributed by atoms with E-state index in [0.29, 0.717) is 6.54 Å². The number of cyclic esters (lactones) is 1. The molecular formula is C4H6N4O2. The van der Waals surface area contributed by atoms with Crippen LogP contribution in [0.15, 0.2) is 5.11 Å². The van der Waals surface area contributed by atoms with Gasteiger partial charge in [-0.3, -0.25) is 0 Å². The molecule has 1 amide bonds. The van der Waals surface area contributed by atoms with Crippen molar-refractivity contribution >= 4 is 6.09 Å². The fourth-order valence-electron chi connectivity index (χ4n) is 0.661. The van der Waals surface area contributed by atoms with Crippen molar-refractivity contribution in [3.05, 3.63) is 10.4 Å². The number of carbonyl (C=O) groups excluding carboxylic acids is 1. The first-order valence-corrected chi connectivity index (χ1v) is 2.78. The molecule has 0 aliphatic carbocycles. The van der Waals surface area contributed by atoms with Crippen LogP contribution in [0.25, 0.3) is 10.4 Å². The van der Waals surface area contributed by atoms with Gasteiger partial charge in [-0.25, -0.2) is 4.79 Å². The van der Waals surface area contributed by atoms with E-state index in [0.717, 1.165) is 0 Å². The van der Waals surface area contributed by atoms with Crippen LogP contribution in [-0.2, 0) is 4.74 Å². The molecule has 0 aromatic carbocycles. The normalized spacial score (nSPS) is 22.8. The van der Waals surface area contributed by atoms with Crippen LogP contribution in [0.1, 0.15) is 0 Å². The van der Waals surface area contributed by atoms with E-state index in [4.69, 9.17) is 5.53 Å². The Morgan fingerprint density at radius 3 is 3.30 bits per heavy atom. The van der Waals surface area contributed by atoms with Gasteiger partial charge in [-0.1, -0.05) is 5.11 Å². The van der Waals surface area contributed by atoms with Crippen molar-refractivity contribution < 1.29 is 9.53 Å². The number of hydrogen-bond donors (Lipinski definition) is 1. The third kappa shape index (κ3) is 1.53. The predicted molar refractivity (Wildman–Crippen MR) is 32.3 cm³/mol. The largest absolute Gasteiger partial charge is 0.444 e. The molecule has 1 aliphatic rings. The van der Waals surface area contributed by atoms with Gasteiger partial charge >= 0.3 is 6.09 Å². The summed E-state index contributed by atoms with van der Waals surface area (Å²) in [7, 11) is 0. The molecule has 54 valence electrons. The molecule has 1 fully saturated rings. The van der Waals surface area contributed by atoms with Crippen LogP contribution < -0.4 is 5.32 Å². The van der Waals surface area contributed by atoms with Crippen molar-refractivity contribution in [2.24, 2.45) is 5.11 Å². The number of rotatable bonds is 2. The fourth-order valence-corrected chi connectivity index (χ4v) is 0.661. The lowest BCUT2D eigenvalue weighted by Gasteiger charge is -1.99. The number of azide groups is 1. The number of hydrogen-bond acceptors (Lipinski definition) is 3. The smallest absolute Gasteiger partial charge is 0.407 e. The zero-order chi connectivity index (χ0) is 7.40. The first-order valence-electron chi connectivity index (χ1n) is 2.78. The molecule has 0 aromatic heterocycles. The van der Waals surface area contributed by atoms with Crippen molar-refractivity contribution in [3.63, 3.8) is 0 Å². The van der Waals surface area contributed by atoms with Gasteiger partial charge in [0.1, 0.15) is 6.10 Å². The van der Waals surface area contributed by atoms with Gasteiger partial charge in [-0.05, 0) is 5.53 Å². The fraction of sp³-hybridized carbons (Fsp3) is 0.750. The van der Waals surface area contributed by atoms with Gasteiger partial charge in [0.15, 0.2) is 0 Å². The summed E-state index contributed by atoms with van der Waals surface area (Å²) in [6.45, 7) is 0.632. The van der Waals surface area contributed by atoms with Gasteiger partial charge in [0.25, 0.3) is 0 Å². The summed E-state index contributed by atoms with van der Waals surface area (Å²) in [5, 5.41) is 5.69. The molecule has 0 radical (unpaired) electrons. The lowest BCUT2D eigenvalue weighted by atomic mass is 10.4. The van der Waals surface area contributed by atoms with E-state index in [1.165, 1.54) is 0 Å². The topological polar surface area (TPSA) is 87.1 Å². The first-order chi connectivity index (χ1) is 4.83. The number of nitrogens with zero attached hydrogens (tertiary/aromatic N) is 3. The highest BCUT2D eigenvalue weighted by Gasteiger charge is 2.20. The van der Waals surface area contributed by atoms with Gasteiger partial charge in [0.05, 0.1) is 13.1 Å². The third-order valence-electron chi connectivity index (χ3n) is 1.10. The summed E-state index contributed by atoms with van der Waals surface area (Å²) in [4.78, 5) is 12.9. The molecule has 0 saturated carbocycles. The van der Waals surface area contributed by atoms with Crippen molar-refractivity contribution in [2.45, 2.75) is 6.10 Å².